The lowest BCUT2D eigenvalue weighted by atomic mass is 10.3. The lowest BCUT2D eigenvalue weighted by molar-refractivity contribution is -0.116. The normalized spacial score (nSPS) is 11.0. The topological polar surface area (TPSA) is 64.0 Å². The maximum absolute atomic E-state index is 12.6. The summed E-state index contributed by atoms with van der Waals surface area (Å²) >= 11 is 7.42. The third-order valence-electron chi connectivity index (χ3n) is 3.65. The fourth-order valence-corrected chi connectivity index (χ4v) is 3.63. The number of carbonyl (C=O) groups excluding carboxylic acids is 1. The van der Waals surface area contributed by atoms with Crippen LogP contribution < -0.4 is 10.9 Å². The first-order chi connectivity index (χ1) is 11.5. The largest absolute Gasteiger partial charge is 0.324 e. The highest BCUT2D eigenvalue weighted by molar-refractivity contribution is 7.18. The number of carbonyl (C=O) groups is 1. The summed E-state index contributed by atoms with van der Waals surface area (Å²) in [5.74, 6) is 0.229. The smallest absolute Gasteiger partial charge is 0.262 e. The summed E-state index contributed by atoms with van der Waals surface area (Å²) in [7, 11) is 0. The van der Waals surface area contributed by atoms with Gasteiger partial charge in [0.2, 0.25) is 5.91 Å². The van der Waals surface area contributed by atoms with Crippen LogP contribution >= 0.6 is 22.9 Å². The van der Waals surface area contributed by atoms with E-state index < -0.39 is 0 Å². The predicted octanol–water partition coefficient (Wildman–Crippen LogP) is 3.62. The van der Waals surface area contributed by atoms with Gasteiger partial charge in [-0.15, -0.1) is 11.3 Å². The summed E-state index contributed by atoms with van der Waals surface area (Å²) in [5, 5.41) is 3.85. The minimum atomic E-state index is -0.297. The number of thiophene rings is 1. The van der Waals surface area contributed by atoms with E-state index in [9.17, 15) is 9.59 Å². The summed E-state index contributed by atoms with van der Waals surface area (Å²) in [6, 6.07) is 8.74. The van der Waals surface area contributed by atoms with Crippen molar-refractivity contribution in [1.82, 2.24) is 9.55 Å². The fourth-order valence-electron chi connectivity index (χ4n) is 2.44. The van der Waals surface area contributed by atoms with E-state index in [-0.39, 0.29) is 18.0 Å². The van der Waals surface area contributed by atoms with Crippen molar-refractivity contribution in [2.24, 2.45) is 0 Å². The summed E-state index contributed by atoms with van der Waals surface area (Å²) in [6.07, 6.45) is 0.856. The molecule has 0 bridgehead atoms. The van der Waals surface area contributed by atoms with Crippen molar-refractivity contribution >= 4 is 44.7 Å². The van der Waals surface area contributed by atoms with E-state index in [1.807, 2.05) is 13.0 Å². The molecule has 7 heteroatoms. The average molecular weight is 362 g/mol. The Balaban J connectivity index is 1.89. The first-order valence-corrected chi connectivity index (χ1v) is 8.72. The molecule has 0 atom stereocenters. The zero-order valence-corrected chi connectivity index (χ0v) is 14.9. The number of hydrogen-bond acceptors (Lipinski definition) is 4. The quantitative estimate of drug-likeness (QED) is 0.771. The molecule has 2 heterocycles. The number of rotatable bonds is 4. The monoisotopic (exact) mass is 361 g/mol. The lowest BCUT2D eigenvalue weighted by Crippen LogP contribution is -2.29. The first-order valence-electron chi connectivity index (χ1n) is 7.53. The Hall–Kier alpha value is -2.18. The summed E-state index contributed by atoms with van der Waals surface area (Å²) in [5.41, 5.74) is 0.408. The Bertz CT molecular complexity index is 978. The van der Waals surface area contributed by atoms with Crippen LogP contribution in [0.2, 0.25) is 5.02 Å². The summed E-state index contributed by atoms with van der Waals surface area (Å²) in [4.78, 5) is 31.2. The van der Waals surface area contributed by atoms with Crippen molar-refractivity contribution in [3.05, 3.63) is 56.4 Å². The lowest BCUT2D eigenvalue weighted by Gasteiger charge is -2.10. The van der Waals surface area contributed by atoms with E-state index in [4.69, 9.17) is 11.6 Å². The van der Waals surface area contributed by atoms with Crippen molar-refractivity contribution in [2.75, 3.05) is 5.32 Å². The van der Waals surface area contributed by atoms with E-state index in [1.165, 1.54) is 15.9 Å². The highest BCUT2D eigenvalue weighted by Gasteiger charge is 2.14. The van der Waals surface area contributed by atoms with E-state index >= 15 is 0 Å². The molecule has 1 amide bonds. The molecule has 0 aliphatic carbocycles. The van der Waals surface area contributed by atoms with Crippen LogP contribution in [0.25, 0.3) is 10.2 Å². The molecule has 0 unspecified atom stereocenters. The van der Waals surface area contributed by atoms with Gasteiger partial charge in [0, 0.05) is 15.6 Å². The molecule has 0 saturated heterocycles. The Labute approximate surface area is 147 Å². The summed E-state index contributed by atoms with van der Waals surface area (Å²) < 4.78 is 1.40. The van der Waals surface area contributed by atoms with Crippen LogP contribution in [0.15, 0.2) is 35.1 Å². The highest BCUT2D eigenvalue weighted by Crippen LogP contribution is 2.22. The van der Waals surface area contributed by atoms with Gasteiger partial charge in [0.05, 0.1) is 5.39 Å². The average Bonchev–Trinajstić information content (AvgIpc) is 2.94. The van der Waals surface area contributed by atoms with Crippen LogP contribution in [0.1, 0.15) is 17.6 Å². The van der Waals surface area contributed by atoms with Crippen molar-refractivity contribution in [1.29, 1.82) is 0 Å². The van der Waals surface area contributed by atoms with Crippen LogP contribution in [0.3, 0.4) is 0 Å². The van der Waals surface area contributed by atoms with Crippen LogP contribution in [-0.4, -0.2) is 15.5 Å². The molecule has 0 saturated carbocycles. The molecular weight excluding hydrogens is 346 g/mol. The second kappa shape index (κ2) is 6.75. The molecule has 2 aromatic heterocycles. The molecule has 0 radical (unpaired) electrons. The maximum Gasteiger partial charge on any atom is 0.262 e. The van der Waals surface area contributed by atoms with Crippen molar-refractivity contribution in [3.63, 3.8) is 0 Å². The number of nitrogens with zero attached hydrogens (tertiary/aromatic N) is 2. The Morgan fingerprint density at radius 1 is 1.38 bits per heavy atom. The summed E-state index contributed by atoms with van der Waals surface area (Å²) in [6.45, 7) is 3.69. The minimum Gasteiger partial charge on any atom is -0.324 e. The third-order valence-corrected chi connectivity index (χ3v) is 5.06. The van der Waals surface area contributed by atoms with Crippen LogP contribution in [0.4, 0.5) is 5.69 Å². The zero-order chi connectivity index (χ0) is 17.3. The Morgan fingerprint density at radius 2 is 2.17 bits per heavy atom. The number of amides is 1. The van der Waals surface area contributed by atoms with Crippen molar-refractivity contribution < 1.29 is 4.79 Å². The SMILES string of the molecule is CCc1cc2c(=O)n(CC(=O)Nc3cccc(Cl)c3)c(C)nc2s1. The second-order valence-electron chi connectivity index (χ2n) is 5.39. The van der Waals surface area contributed by atoms with Crippen LogP contribution in [0.5, 0.6) is 0 Å². The van der Waals surface area contributed by atoms with Gasteiger partial charge in [0.15, 0.2) is 0 Å². The minimum absolute atomic E-state index is 0.0859. The van der Waals surface area contributed by atoms with Crippen molar-refractivity contribution in [2.45, 2.75) is 26.8 Å². The number of aryl methyl sites for hydroxylation is 2. The highest BCUT2D eigenvalue weighted by atomic mass is 35.5. The van der Waals surface area contributed by atoms with Gasteiger partial charge in [0.25, 0.3) is 5.56 Å². The van der Waals surface area contributed by atoms with Gasteiger partial charge in [-0.2, -0.15) is 0 Å². The molecule has 0 aliphatic rings. The number of halogens is 1. The second-order valence-corrected chi connectivity index (χ2v) is 6.95. The van der Waals surface area contributed by atoms with Crippen LogP contribution in [-0.2, 0) is 17.8 Å². The predicted molar refractivity (Wildman–Crippen MR) is 98.1 cm³/mol. The molecule has 0 spiro atoms. The van der Waals surface area contributed by atoms with E-state index in [1.54, 1.807) is 31.2 Å². The van der Waals surface area contributed by atoms with Crippen molar-refractivity contribution in [3.8, 4) is 0 Å². The zero-order valence-electron chi connectivity index (χ0n) is 13.3. The van der Waals surface area contributed by atoms with Gasteiger partial charge in [-0.05, 0) is 37.6 Å². The first kappa shape index (κ1) is 16.7. The molecule has 24 heavy (non-hydrogen) atoms. The van der Waals surface area contributed by atoms with E-state index in [0.717, 1.165) is 16.1 Å². The molecule has 1 aromatic carbocycles. The van der Waals surface area contributed by atoms with Gasteiger partial charge in [-0.3, -0.25) is 14.2 Å². The Kier molecular flexibility index (Phi) is 4.69. The van der Waals surface area contributed by atoms with Gasteiger partial charge < -0.3 is 5.32 Å². The van der Waals surface area contributed by atoms with Gasteiger partial charge in [-0.1, -0.05) is 24.6 Å². The number of nitrogens with one attached hydrogen (secondary N) is 1. The van der Waals surface area contributed by atoms with Gasteiger partial charge in [-0.25, -0.2) is 4.98 Å². The number of benzene rings is 1. The molecular formula is C17H16ClN3O2S. The molecule has 124 valence electrons. The van der Waals surface area contributed by atoms with Gasteiger partial charge in [0.1, 0.15) is 17.2 Å². The number of hydrogen-bond donors (Lipinski definition) is 1. The Morgan fingerprint density at radius 3 is 2.88 bits per heavy atom. The molecule has 5 nitrogen and oxygen atoms in total. The van der Waals surface area contributed by atoms with E-state index in [0.29, 0.717) is 21.9 Å². The third kappa shape index (κ3) is 3.34. The van der Waals surface area contributed by atoms with Crippen LogP contribution in [0, 0.1) is 6.92 Å². The standard InChI is InChI=1S/C17H16ClN3O2S/c1-3-13-8-14-16(24-13)19-10(2)21(17(14)23)9-15(22)20-12-6-4-5-11(18)7-12/h4-8H,3,9H2,1-2H3,(H,20,22). The number of aromatic nitrogens is 2. The van der Waals surface area contributed by atoms with E-state index in [2.05, 4.69) is 10.3 Å². The fraction of sp³-hybridized carbons (Fsp3) is 0.235. The molecule has 0 aliphatic heterocycles. The molecule has 3 aromatic rings. The number of anilines is 1. The molecule has 0 fully saturated rings. The number of fused-ring (bicyclic) bond motifs is 1. The molecule has 1 N–H and O–H groups in total. The molecule has 3 rings (SSSR count). The maximum atomic E-state index is 12.6. The van der Waals surface area contributed by atoms with Gasteiger partial charge >= 0.3 is 0 Å².